The maximum atomic E-state index is 11.0. The number of aliphatic hydroxyl groups is 1. The van der Waals surface area contributed by atoms with Crippen LogP contribution in [0.25, 0.3) is 0 Å². The van der Waals surface area contributed by atoms with Crippen molar-refractivity contribution >= 4 is 16.1 Å². The predicted octanol–water partition coefficient (Wildman–Crippen LogP) is 0.761. The van der Waals surface area contributed by atoms with Crippen molar-refractivity contribution in [2.75, 3.05) is 11.9 Å². The van der Waals surface area contributed by atoms with Gasteiger partial charge in [0.05, 0.1) is 31.1 Å². The van der Waals surface area contributed by atoms with E-state index in [1.807, 2.05) is 30.1 Å². The molecule has 0 spiro atoms. The number of nitrogens with two attached hydrogens (primary N) is 1. The van der Waals surface area contributed by atoms with Crippen LogP contribution in [0.5, 0.6) is 0 Å². The first-order chi connectivity index (χ1) is 15.8. The Morgan fingerprint density at radius 3 is 2.73 bits per heavy atom. The molecule has 1 fully saturated rings. The van der Waals surface area contributed by atoms with Gasteiger partial charge in [0.25, 0.3) is 0 Å². The molecule has 33 heavy (non-hydrogen) atoms. The van der Waals surface area contributed by atoms with Crippen LogP contribution in [0.15, 0.2) is 37.1 Å². The summed E-state index contributed by atoms with van der Waals surface area (Å²) in [6.07, 6.45) is 8.06. The molecule has 12 nitrogen and oxygen atoms in total. The van der Waals surface area contributed by atoms with Crippen molar-refractivity contribution in [3.8, 4) is 0 Å². The fourth-order valence-electron chi connectivity index (χ4n) is 4.00. The van der Waals surface area contributed by atoms with E-state index in [1.165, 1.54) is 6.33 Å². The van der Waals surface area contributed by atoms with Crippen LogP contribution in [0.1, 0.15) is 42.3 Å². The first kappa shape index (κ1) is 23.3. The van der Waals surface area contributed by atoms with Crippen LogP contribution in [-0.2, 0) is 27.6 Å². The van der Waals surface area contributed by atoms with Gasteiger partial charge in [-0.3, -0.25) is 13.5 Å². The number of anilines is 1. The van der Waals surface area contributed by atoms with E-state index in [4.69, 9.17) is 9.32 Å². The van der Waals surface area contributed by atoms with Gasteiger partial charge in [-0.2, -0.15) is 18.6 Å². The van der Waals surface area contributed by atoms with Crippen molar-refractivity contribution in [1.82, 2.24) is 29.5 Å². The van der Waals surface area contributed by atoms with E-state index in [2.05, 4.69) is 25.5 Å². The van der Waals surface area contributed by atoms with Gasteiger partial charge in [-0.05, 0) is 44.2 Å². The molecular weight excluding hydrogens is 448 g/mol. The topological polar surface area (TPSA) is 163 Å². The summed E-state index contributed by atoms with van der Waals surface area (Å²) in [6, 6.07) is 3.78. The molecule has 1 saturated carbocycles. The molecule has 1 aliphatic carbocycles. The van der Waals surface area contributed by atoms with E-state index >= 15 is 0 Å². The Morgan fingerprint density at radius 2 is 2.00 bits per heavy atom. The lowest BCUT2D eigenvalue weighted by Crippen LogP contribution is -2.22. The SMILES string of the molecule is Cc1ccn(CCn2ccc(C(O)c3cncnc3N[C@H]3CC[C@@H](COS(N)(=O)=O)C3)n2)n1. The molecule has 1 aliphatic rings. The van der Waals surface area contributed by atoms with E-state index in [0.717, 1.165) is 18.5 Å². The van der Waals surface area contributed by atoms with E-state index in [0.29, 0.717) is 36.6 Å². The zero-order chi connectivity index (χ0) is 23.4. The molecule has 0 radical (unpaired) electrons. The molecule has 3 aromatic rings. The van der Waals surface area contributed by atoms with Crippen molar-refractivity contribution in [3.05, 3.63) is 54.0 Å². The van der Waals surface area contributed by atoms with E-state index in [1.54, 1.807) is 16.9 Å². The fraction of sp³-hybridized carbons (Fsp3) is 0.500. The predicted molar refractivity (Wildman–Crippen MR) is 119 cm³/mol. The van der Waals surface area contributed by atoms with Crippen LogP contribution in [0.2, 0.25) is 0 Å². The Balaban J connectivity index is 1.37. The van der Waals surface area contributed by atoms with Gasteiger partial charge in [0.15, 0.2) is 0 Å². The minimum Gasteiger partial charge on any atom is -0.382 e. The highest BCUT2D eigenvalue weighted by molar-refractivity contribution is 7.84. The molecule has 0 amide bonds. The summed E-state index contributed by atoms with van der Waals surface area (Å²) in [6.45, 7) is 3.29. The molecule has 1 unspecified atom stereocenters. The first-order valence-electron chi connectivity index (χ1n) is 10.7. The highest BCUT2D eigenvalue weighted by Gasteiger charge is 2.28. The summed E-state index contributed by atoms with van der Waals surface area (Å²) in [5.74, 6) is 0.599. The Labute approximate surface area is 192 Å². The molecule has 4 rings (SSSR count). The van der Waals surface area contributed by atoms with E-state index in [-0.39, 0.29) is 18.6 Å². The molecule has 3 aromatic heterocycles. The number of nitrogens with one attached hydrogen (secondary N) is 1. The van der Waals surface area contributed by atoms with Crippen LogP contribution in [0, 0.1) is 12.8 Å². The zero-order valence-corrected chi connectivity index (χ0v) is 19.1. The minimum absolute atomic E-state index is 0.0613. The second kappa shape index (κ2) is 9.95. The molecule has 0 aliphatic heterocycles. The summed E-state index contributed by atoms with van der Waals surface area (Å²) in [5, 5.41) is 28.1. The lowest BCUT2D eigenvalue weighted by Gasteiger charge is -2.18. The van der Waals surface area contributed by atoms with Gasteiger partial charge >= 0.3 is 10.3 Å². The summed E-state index contributed by atoms with van der Waals surface area (Å²) < 4.78 is 30.4. The van der Waals surface area contributed by atoms with Crippen molar-refractivity contribution in [2.24, 2.45) is 11.1 Å². The summed E-state index contributed by atoms with van der Waals surface area (Å²) in [4.78, 5) is 8.37. The number of aromatic nitrogens is 6. The van der Waals surface area contributed by atoms with Gasteiger partial charge in [0.1, 0.15) is 18.2 Å². The molecule has 3 atom stereocenters. The van der Waals surface area contributed by atoms with Crippen LogP contribution in [0.4, 0.5) is 5.82 Å². The van der Waals surface area contributed by atoms with Gasteiger partial charge in [0.2, 0.25) is 0 Å². The second-order valence-electron chi connectivity index (χ2n) is 8.25. The molecule has 0 bridgehead atoms. The fourth-order valence-corrected chi connectivity index (χ4v) is 4.38. The maximum absolute atomic E-state index is 11.0. The number of hydrogen-bond acceptors (Lipinski definition) is 9. The van der Waals surface area contributed by atoms with E-state index < -0.39 is 16.4 Å². The molecule has 3 heterocycles. The van der Waals surface area contributed by atoms with Crippen molar-refractivity contribution in [3.63, 3.8) is 0 Å². The Bertz CT molecular complexity index is 1180. The average Bonchev–Trinajstić information content (AvgIpc) is 3.51. The summed E-state index contributed by atoms with van der Waals surface area (Å²) in [7, 11) is -3.94. The number of aryl methyl sites for hydroxylation is 3. The quantitative estimate of drug-likeness (QED) is 0.383. The molecule has 0 saturated heterocycles. The number of aliphatic hydroxyl groups excluding tert-OH is 1. The summed E-state index contributed by atoms with van der Waals surface area (Å²) in [5.41, 5.74) is 1.98. The Kier molecular flexibility index (Phi) is 7.02. The molecule has 4 N–H and O–H groups in total. The van der Waals surface area contributed by atoms with Crippen LogP contribution in [-0.4, -0.2) is 55.7 Å². The lowest BCUT2D eigenvalue weighted by atomic mass is 10.1. The monoisotopic (exact) mass is 476 g/mol. The van der Waals surface area contributed by atoms with Crippen LogP contribution >= 0.6 is 0 Å². The van der Waals surface area contributed by atoms with Gasteiger partial charge in [0, 0.05) is 30.2 Å². The van der Waals surface area contributed by atoms with Crippen molar-refractivity contribution < 1.29 is 17.7 Å². The normalized spacial score (nSPS) is 19.6. The number of rotatable bonds is 10. The maximum Gasteiger partial charge on any atom is 0.333 e. The van der Waals surface area contributed by atoms with Gasteiger partial charge in [-0.15, -0.1) is 0 Å². The molecule has 0 aromatic carbocycles. The summed E-state index contributed by atoms with van der Waals surface area (Å²) >= 11 is 0. The van der Waals surface area contributed by atoms with Gasteiger partial charge in [-0.25, -0.2) is 15.1 Å². The van der Waals surface area contributed by atoms with Crippen LogP contribution in [0.3, 0.4) is 0 Å². The first-order valence-corrected chi connectivity index (χ1v) is 12.2. The third kappa shape index (κ3) is 6.35. The minimum atomic E-state index is -3.94. The zero-order valence-electron chi connectivity index (χ0n) is 18.3. The lowest BCUT2D eigenvalue weighted by molar-refractivity contribution is 0.213. The Morgan fingerprint density at radius 1 is 1.24 bits per heavy atom. The second-order valence-corrected chi connectivity index (χ2v) is 9.47. The van der Waals surface area contributed by atoms with Crippen molar-refractivity contribution in [1.29, 1.82) is 0 Å². The average molecular weight is 477 g/mol. The van der Waals surface area contributed by atoms with Crippen molar-refractivity contribution in [2.45, 2.75) is 51.4 Å². The third-order valence-corrected chi connectivity index (χ3v) is 6.12. The Hall–Kier alpha value is -2.87. The highest BCUT2D eigenvalue weighted by atomic mass is 32.2. The number of nitrogens with zero attached hydrogens (tertiary/aromatic N) is 6. The smallest absolute Gasteiger partial charge is 0.333 e. The molecular formula is C20H28N8O4S. The largest absolute Gasteiger partial charge is 0.382 e. The van der Waals surface area contributed by atoms with Crippen LogP contribution < -0.4 is 10.5 Å². The van der Waals surface area contributed by atoms with E-state index in [9.17, 15) is 13.5 Å². The van der Waals surface area contributed by atoms with Gasteiger partial charge < -0.3 is 10.4 Å². The molecule has 178 valence electrons. The standard InChI is InChI=1S/C20H28N8O4S/c1-14-4-6-27(25-14)8-9-28-7-5-18(26-28)19(29)17-11-22-13-23-20(17)24-16-3-2-15(10-16)12-32-33(21,30)31/h4-7,11,13,15-16,19,29H,2-3,8-10,12H2,1H3,(H2,21,30,31)(H,22,23,24)/t15-,16+,19?/m1/s1. The third-order valence-electron chi connectivity index (χ3n) is 5.66. The molecule has 13 heteroatoms. The number of hydrogen-bond donors (Lipinski definition) is 3. The highest BCUT2D eigenvalue weighted by Crippen LogP contribution is 2.31. The van der Waals surface area contributed by atoms with Gasteiger partial charge in [-0.1, -0.05) is 0 Å².